The number of aliphatic carboxylic acids is 1. The minimum absolute atomic E-state index is 0.0210. The van der Waals surface area contributed by atoms with E-state index in [9.17, 15) is 27.2 Å². The fourth-order valence-electron chi connectivity index (χ4n) is 1.41. The minimum Gasteiger partial charge on any atom is -0.480 e. The number of carboxylic acid groups (broad SMARTS) is 1. The highest BCUT2D eigenvalue weighted by Crippen LogP contribution is 2.21. The fraction of sp³-hybridized carbons (Fsp3) is 0.273. The first-order valence-corrected chi connectivity index (χ1v) is 5.92. The number of nitrogens with zero attached hydrogens (tertiary/aromatic N) is 1. The molecule has 0 aromatic heterocycles. The summed E-state index contributed by atoms with van der Waals surface area (Å²) in [6.45, 7) is -2.95. The zero-order valence-electron chi connectivity index (χ0n) is 9.75. The molecule has 0 saturated carbocycles. The van der Waals surface area contributed by atoms with E-state index < -0.39 is 42.5 Å². The molecule has 0 aliphatic carbocycles. The third-order valence-electron chi connectivity index (χ3n) is 2.14. The van der Waals surface area contributed by atoms with Crippen molar-refractivity contribution >= 4 is 27.8 Å². The van der Waals surface area contributed by atoms with Gasteiger partial charge in [-0.2, -0.15) is 13.2 Å². The molecule has 1 N–H and O–H groups in total. The predicted octanol–water partition coefficient (Wildman–Crippen LogP) is 2.68. The molecular formula is C11H8BrF4NO3. The van der Waals surface area contributed by atoms with E-state index >= 15 is 0 Å². The topological polar surface area (TPSA) is 57.6 Å². The molecule has 1 aromatic carbocycles. The molecule has 9 heteroatoms. The lowest BCUT2D eigenvalue weighted by Gasteiger charge is -2.22. The molecule has 1 aromatic rings. The van der Waals surface area contributed by atoms with Gasteiger partial charge in [0.1, 0.15) is 18.9 Å². The molecule has 20 heavy (non-hydrogen) atoms. The maximum absolute atomic E-state index is 13.5. The Hall–Kier alpha value is -1.64. The molecule has 110 valence electrons. The summed E-state index contributed by atoms with van der Waals surface area (Å²) in [4.78, 5) is 22.4. The Balaban J connectivity index is 3.09. The van der Waals surface area contributed by atoms with Gasteiger partial charge in [0, 0.05) is 4.47 Å². The minimum atomic E-state index is -4.78. The average Bonchev–Trinajstić information content (AvgIpc) is 2.28. The van der Waals surface area contributed by atoms with Crippen LogP contribution in [-0.2, 0) is 4.79 Å². The quantitative estimate of drug-likeness (QED) is 0.843. The molecular weight excluding hydrogens is 350 g/mol. The lowest BCUT2D eigenvalue weighted by molar-refractivity contribution is -0.149. The van der Waals surface area contributed by atoms with Crippen LogP contribution in [0.1, 0.15) is 10.4 Å². The van der Waals surface area contributed by atoms with Crippen molar-refractivity contribution in [3.8, 4) is 0 Å². The predicted molar refractivity (Wildman–Crippen MR) is 63.7 cm³/mol. The van der Waals surface area contributed by atoms with Crippen molar-refractivity contribution in [2.75, 3.05) is 13.1 Å². The second kappa shape index (κ2) is 6.21. The summed E-state index contributed by atoms with van der Waals surface area (Å²) in [5.74, 6) is -4.00. The van der Waals surface area contributed by atoms with Crippen LogP contribution in [0.4, 0.5) is 17.6 Å². The van der Waals surface area contributed by atoms with Crippen LogP contribution in [0.3, 0.4) is 0 Å². The van der Waals surface area contributed by atoms with Crippen molar-refractivity contribution in [3.05, 3.63) is 34.1 Å². The summed E-state index contributed by atoms with van der Waals surface area (Å²) in [6.07, 6.45) is -4.78. The van der Waals surface area contributed by atoms with Crippen molar-refractivity contribution in [1.29, 1.82) is 0 Å². The van der Waals surface area contributed by atoms with Crippen LogP contribution in [0.5, 0.6) is 0 Å². The van der Waals surface area contributed by atoms with Crippen LogP contribution in [0.15, 0.2) is 22.7 Å². The number of benzene rings is 1. The molecule has 0 heterocycles. The van der Waals surface area contributed by atoms with Crippen molar-refractivity contribution in [2.45, 2.75) is 6.18 Å². The second-order valence-corrected chi connectivity index (χ2v) is 4.71. The lowest BCUT2D eigenvalue weighted by Crippen LogP contribution is -2.42. The molecule has 0 fully saturated rings. The highest BCUT2D eigenvalue weighted by molar-refractivity contribution is 9.10. The van der Waals surface area contributed by atoms with Crippen molar-refractivity contribution in [3.63, 3.8) is 0 Å². The highest BCUT2D eigenvalue weighted by Gasteiger charge is 2.35. The van der Waals surface area contributed by atoms with Gasteiger partial charge in [0.15, 0.2) is 0 Å². The van der Waals surface area contributed by atoms with Crippen LogP contribution in [0.25, 0.3) is 0 Å². The summed E-state index contributed by atoms with van der Waals surface area (Å²) >= 11 is 2.95. The van der Waals surface area contributed by atoms with Gasteiger partial charge in [0.05, 0.1) is 5.56 Å². The van der Waals surface area contributed by atoms with Crippen LogP contribution in [0, 0.1) is 5.82 Å². The van der Waals surface area contributed by atoms with Gasteiger partial charge < -0.3 is 10.0 Å². The van der Waals surface area contributed by atoms with Crippen LogP contribution < -0.4 is 0 Å². The summed E-state index contributed by atoms with van der Waals surface area (Å²) in [5, 5.41) is 8.54. The first-order valence-electron chi connectivity index (χ1n) is 5.13. The largest absolute Gasteiger partial charge is 0.480 e. The van der Waals surface area contributed by atoms with Gasteiger partial charge in [-0.1, -0.05) is 15.9 Å². The molecule has 0 aliphatic heterocycles. The SMILES string of the molecule is O=C(O)CN(CC(F)(F)F)C(=O)c1cc(Br)ccc1F. The van der Waals surface area contributed by atoms with E-state index in [1.807, 2.05) is 0 Å². The Labute approximate surface area is 119 Å². The van der Waals surface area contributed by atoms with Gasteiger partial charge in [0.2, 0.25) is 0 Å². The second-order valence-electron chi connectivity index (χ2n) is 3.79. The van der Waals surface area contributed by atoms with E-state index in [-0.39, 0.29) is 9.37 Å². The van der Waals surface area contributed by atoms with Crippen LogP contribution in [0.2, 0.25) is 0 Å². The maximum Gasteiger partial charge on any atom is 0.406 e. The molecule has 0 atom stereocenters. The zero-order valence-corrected chi connectivity index (χ0v) is 11.3. The summed E-state index contributed by atoms with van der Waals surface area (Å²) in [7, 11) is 0. The maximum atomic E-state index is 13.5. The number of hydrogen-bond donors (Lipinski definition) is 1. The van der Waals surface area contributed by atoms with Gasteiger partial charge in [-0.15, -0.1) is 0 Å². The lowest BCUT2D eigenvalue weighted by atomic mass is 10.2. The molecule has 1 rings (SSSR count). The van der Waals surface area contributed by atoms with Crippen molar-refractivity contribution in [2.24, 2.45) is 0 Å². The zero-order chi connectivity index (χ0) is 15.5. The van der Waals surface area contributed by atoms with E-state index in [1.165, 1.54) is 6.07 Å². The molecule has 0 spiro atoms. The van der Waals surface area contributed by atoms with Gasteiger partial charge in [-0.3, -0.25) is 9.59 Å². The normalized spacial score (nSPS) is 11.2. The van der Waals surface area contributed by atoms with E-state index in [2.05, 4.69) is 15.9 Å². The Bertz CT molecular complexity index is 533. The van der Waals surface area contributed by atoms with Gasteiger partial charge >= 0.3 is 12.1 Å². The van der Waals surface area contributed by atoms with Gasteiger partial charge in [0.25, 0.3) is 5.91 Å². The number of rotatable bonds is 4. The number of carbonyl (C=O) groups is 2. The summed E-state index contributed by atoms with van der Waals surface area (Å²) < 4.78 is 50.7. The standard InChI is InChI=1S/C11H8BrF4NO3/c12-6-1-2-8(13)7(3-6)10(20)17(4-9(18)19)5-11(14,15)16/h1-3H,4-5H2,(H,18,19). The van der Waals surface area contributed by atoms with E-state index in [0.29, 0.717) is 0 Å². The molecule has 0 saturated heterocycles. The highest BCUT2D eigenvalue weighted by atomic mass is 79.9. The van der Waals surface area contributed by atoms with E-state index in [4.69, 9.17) is 5.11 Å². The molecule has 0 radical (unpaired) electrons. The van der Waals surface area contributed by atoms with Crippen LogP contribution >= 0.6 is 15.9 Å². The number of hydrogen-bond acceptors (Lipinski definition) is 2. The third-order valence-corrected chi connectivity index (χ3v) is 2.64. The van der Waals surface area contributed by atoms with E-state index in [1.54, 1.807) is 0 Å². The Morgan fingerprint density at radius 2 is 1.90 bits per heavy atom. The van der Waals surface area contributed by atoms with Gasteiger partial charge in [-0.05, 0) is 18.2 Å². The molecule has 0 unspecified atom stereocenters. The molecule has 1 amide bonds. The first-order chi connectivity index (χ1) is 9.10. The number of amides is 1. The van der Waals surface area contributed by atoms with Crippen molar-refractivity contribution in [1.82, 2.24) is 4.90 Å². The smallest absolute Gasteiger partial charge is 0.406 e. The number of carboxylic acids is 1. The van der Waals surface area contributed by atoms with Crippen molar-refractivity contribution < 1.29 is 32.3 Å². The van der Waals surface area contributed by atoms with Crippen LogP contribution in [-0.4, -0.2) is 41.1 Å². The Morgan fingerprint density at radius 1 is 1.30 bits per heavy atom. The number of carbonyl (C=O) groups excluding carboxylic acids is 1. The first kappa shape index (κ1) is 16.4. The molecule has 0 bridgehead atoms. The number of halogens is 5. The third kappa shape index (κ3) is 4.80. The summed E-state index contributed by atoms with van der Waals surface area (Å²) in [5.41, 5.74) is -0.634. The average molecular weight is 358 g/mol. The number of alkyl halides is 3. The Kier molecular flexibility index (Phi) is 5.09. The van der Waals surface area contributed by atoms with E-state index in [0.717, 1.165) is 12.1 Å². The molecule has 0 aliphatic rings. The summed E-state index contributed by atoms with van der Waals surface area (Å²) in [6, 6.07) is 3.14. The monoisotopic (exact) mass is 357 g/mol. The molecule has 4 nitrogen and oxygen atoms in total. The van der Waals surface area contributed by atoms with Gasteiger partial charge in [-0.25, -0.2) is 4.39 Å². The Morgan fingerprint density at radius 3 is 2.40 bits per heavy atom. The fourth-order valence-corrected chi connectivity index (χ4v) is 1.77.